The van der Waals surface area contributed by atoms with E-state index in [4.69, 9.17) is 0 Å². The largest absolute Gasteiger partial charge is 0.573 e. The van der Waals surface area contributed by atoms with E-state index in [0.717, 1.165) is 38.4 Å². The second-order valence-electron chi connectivity index (χ2n) is 8.77. The number of carbonyl (C=O) groups excluding carboxylic acids is 1. The highest BCUT2D eigenvalue weighted by Gasteiger charge is 2.35. The predicted molar refractivity (Wildman–Crippen MR) is 131 cm³/mol. The first kappa shape index (κ1) is 24.0. The quantitative estimate of drug-likeness (QED) is 0.493. The van der Waals surface area contributed by atoms with Crippen LogP contribution in [-0.4, -0.2) is 60.6 Å². The van der Waals surface area contributed by atoms with Crippen LogP contribution < -0.4 is 9.64 Å². The Bertz CT molecular complexity index is 1240. The van der Waals surface area contributed by atoms with Crippen molar-refractivity contribution in [3.63, 3.8) is 0 Å². The van der Waals surface area contributed by atoms with Gasteiger partial charge in [0.25, 0.3) is 5.91 Å². The average Bonchev–Trinajstić information content (AvgIpc) is 3.12. The van der Waals surface area contributed by atoms with Crippen molar-refractivity contribution in [3.05, 3.63) is 90.0 Å². The fourth-order valence-corrected chi connectivity index (χ4v) is 4.49. The third kappa shape index (κ3) is 5.58. The van der Waals surface area contributed by atoms with Gasteiger partial charge in [0.15, 0.2) is 0 Å². The Labute approximate surface area is 207 Å². The zero-order valence-electron chi connectivity index (χ0n) is 19.5. The summed E-state index contributed by atoms with van der Waals surface area (Å²) in [6, 6.07) is 23.0. The highest BCUT2D eigenvalue weighted by Crippen LogP contribution is 2.32. The van der Waals surface area contributed by atoms with E-state index in [1.165, 1.54) is 29.8 Å². The average molecular weight is 495 g/mol. The fraction of sp³-hybridized carbons (Fsp3) is 0.259. The molecule has 1 amide bonds. The third-order valence-corrected chi connectivity index (χ3v) is 6.26. The second-order valence-corrected chi connectivity index (χ2v) is 8.77. The van der Waals surface area contributed by atoms with Gasteiger partial charge in [-0.05, 0) is 35.9 Å². The summed E-state index contributed by atoms with van der Waals surface area (Å²) in [6.07, 6.45) is -4.76. The van der Waals surface area contributed by atoms with E-state index in [0.29, 0.717) is 17.9 Å². The van der Waals surface area contributed by atoms with Crippen LogP contribution in [-0.2, 0) is 11.3 Å². The number of halogens is 3. The van der Waals surface area contributed by atoms with E-state index in [9.17, 15) is 18.0 Å². The van der Waals surface area contributed by atoms with Crippen LogP contribution in [0.2, 0.25) is 0 Å². The first-order valence-corrected chi connectivity index (χ1v) is 11.7. The first-order valence-electron chi connectivity index (χ1n) is 11.7. The van der Waals surface area contributed by atoms with Gasteiger partial charge in [0.1, 0.15) is 11.5 Å². The number of amides is 1. The smallest absolute Gasteiger partial charge is 0.406 e. The molecule has 0 spiro atoms. The molecule has 0 atom stereocenters. The molecule has 0 radical (unpaired) electrons. The van der Waals surface area contributed by atoms with Crippen LogP contribution in [0.3, 0.4) is 0 Å². The van der Waals surface area contributed by atoms with Gasteiger partial charge in [0.2, 0.25) is 0 Å². The van der Waals surface area contributed by atoms with E-state index in [-0.39, 0.29) is 17.4 Å². The second kappa shape index (κ2) is 10.1. The minimum Gasteiger partial charge on any atom is -0.406 e. The zero-order valence-corrected chi connectivity index (χ0v) is 19.5. The Morgan fingerprint density at radius 1 is 0.806 bits per heavy atom. The van der Waals surface area contributed by atoms with Crippen LogP contribution >= 0.6 is 0 Å². The maximum Gasteiger partial charge on any atom is 0.573 e. The lowest BCUT2D eigenvalue weighted by atomic mass is 10.1. The Morgan fingerprint density at radius 2 is 1.44 bits per heavy atom. The van der Waals surface area contributed by atoms with Crippen molar-refractivity contribution in [3.8, 4) is 5.75 Å². The SMILES string of the molecule is O=C1C(=Nc2ccc(OC(F)(F)F)cc2)c2ccccc2N1CN1CCN(Cc2ccccc2)CC1. The third-order valence-electron chi connectivity index (χ3n) is 6.26. The molecule has 0 bridgehead atoms. The van der Waals surface area contributed by atoms with E-state index in [1.807, 2.05) is 42.5 Å². The monoisotopic (exact) mass is 494 g/mol. The molecule has 0 saturated carbocycles. The molecule has 5 rings (SSSR count). The normalized spacial score (nSPS) is 18.0. The molecule has 1 saturated heterocycles. The molecule has 6 nitrogen and oxygen atoms in total. The summed E-state index contributed by atoms with van der Waals surface area (Å²) in [5.41, 5.74) is 3.43. The molecule has 0 aromatic heterocycles. The molecule has 2 heterocycles. The molecule has 3 aromatic rings. The van der Waals surface area contributed by atoms with Gasteiger partial charge in [-0.15, -0.1) is 13.2 Å². The first-order chi connectivity index (χ1) is 17.4. The van der Waals surface area contributed by atoms with Gasteiger partial charge in [-0.2, -0.15) is 0 Å². The van der Waals surface area contributed by atoms with Crippen LogP contribution in [0, 0.1) is 0 Å². The Hall–Kier alpha value is -3.69. The molecular formula is C27H25F3N4O2. The highest BCUT2D eigenvalue weighted by molar-refractivity contribution is 6.54. The summed E-state index contributed by atoms with van der Waals surface area (Å²) in [6.45, 7) is 4.85. The Morgan fingerprint density at radius 3 is 2.14 bits per heavy atom. The van der Waals surface area contributed by atoms with Crippen molar-refractivity contribution < 1.29 is 22.7 Å². The molecule has 2 aliphatic rings. The van der Waals surface area contributed by atoms with E-state index in [1.54, 1.807) is 4.90 Å². The number of aliphatic imine (C=N–C) groups is 1. The molecule has 0 N–H and O–H groups in total. The fourth-order valence-electron chi connectivity index (χ4n) is 4.49. The van der Waals surface area contributed by atoms with Crippen molar-refractivity contribution in [1.82, 2.24) is 9.80 Å². The summed E-state index contributed by atoms with van der Waals surface area (Å²) in [5, 5.41) is 0. The molecule has 9 heteroatoms. The number of benzene rings is 3. The maximum absolute atomic E-state index is 13.4. The van der Waals surface area contributed by atoms with Gasteiger partial charge in [0, 0.05) is 38.3 Å². The Balaban J connectivity index is 1.27. The summed E-state index contributed by atoms with van der Waals surface area (Å²) in [4.78, 5) is 24.3. The summed E-state index contributed by atoms with van der Waals surface area (Å²) < 4.78 is 41.2. The molecule has 2 aliphatic heterocycles. The minimum absolute atomic E-state index is 0.224. The van der Waals surface area contributed by atoms with Gasteiger partial charge in [0.05, 0.1) is 18.0 Å². The van der Waals surface area contributed by atoms with Gasteiger partial charge < -0.3 is 4.74 Å². The number of anilines is 1. The molecule has 0 unspecified atom stereocenters. The highest BCUT2D eigenvalue weighted by atomic mass is 19.4. The Kier molecular flexibility index (Phi) is 6.75. The number of hydrogen-bond donors (Lipinski definition) is 0. The summed E-state index contributed by atoms with van der Waals surface area (Å²) >= 11 is 0. The van der Waals surface area contributed by atoms with Gasteiger partial charge in [-0.1, -0.05) is 48.5 Å². The molecule has 36 heavy (non-hydrogen) atoms. The van der Waals surface area contributed by atoms with Crippen molar-refractivity contribution in [2.75, 3.05) is 37.7 Å². The number of nitrogens with zero attached hydrogens (tertiary/aromatic N) is 4. The predicted octanol–water partition coefficient (Wildman–Crippen LogP) is 4.83. The van der Waals surface area contributed by atoms with E-state index >= 15 is 0 Å². The number of alkyl halides is 3. The molecule has 3 aromatic carbocycles. The molecule has 0 aliphatic carbocycles. The molecular weight excluding hydrogens is 469 g/mol. The van der Waals surface area contributed by atoms with Crippen molar-refractivity contribution >= 4 is 23.0 Å². The number of fused-ring (bicyclic) bond motifs is 1. The van der Waals surface area contributed by atoms with Crippen LogP contribution in [0.1, 0.15) is 11.1 Å². The topological polar surface area (TPSA) is 48.4 Å². The standard InChI is InChI=1S/C27H25F3N4O2/c28-27(29,30)36-22-12-10-21(11-13-22)31-25-23-8-4-5-9-24(23)34(26(25)35)19-33-16-14-32(15-17-33)18-20-6-2-1-3-7-20/h1-13H,14-19H2. The van der Waals surface area contributed by atoms with Crippen LogP contribution in [0.5, 0.6) is 5.75 Å². The number of para-hydroxylation sites is 1. The lowest BCUT2D eigenvalue weighted by molar-refractivity contribution is -0.274. The van der Waals surface area contributed by atoms with Crippen LogP contribution in [0.4, 0.5) is 24.5 Å². The van der Waals surface area contributed by atoms with E-state index < -0.39 is 6.36 Å². The molecule has 186 valence electrons. The van der Waals surface area contributed by atoms with Gasteiger partial charge in [-0.3, -0.25) is 19.5 Å². The lowest BCUT2D eigenvalue weighted by Gasteiger charge is -2.36. The minimum atomic E-state index is -4.76. The van der Waals surface area contributed by atoms with Gasteiger partial charge in [-0.25, -0.2) is 4.99 Å². The molecule has 1 fully saturated rings. The number of piperazine rings is 1. The van der Waals surface area contributed by atoms with Crippen LogP contribution in [0.15, 0.2) is 83.9 Å². The van der Waals surface area contributed by atoms with Crippen LogP contribution in [0.25, 0.3) is 0 Å². The van der Waals surface area contributed by atoms with Gasteiger partial charge >= 0.3 is 6.36 Å². The van der Waals surface area contributed by atoms with Crippen molar-refractivity contribution in [2.24, 2.45) is 4.99 Å². The number of carbonyl (C=O) groups is 1. The van der Waals surface area contributed by atoms with E-state index in [2.05, 4.69) is 31.7 Å². The lowest BCUT2D eigenvalue weighted by Crippen LogP contribution is -2.50. The number of ether oxygens (including phenoxy) is 1. The van der Waals surface area contributed by atoms with Crippen molar-refractivity contribution in [1.29, 1.82) is 0 Å². The number of hydrogen-bond acceptors (Lipinski definition) is 5. The zero-order chi connectivity index (χ0) is 25.1. The summed E-state index contributed by atoms with van der Waals surface area (Å²) in [7, 11) is 0. The number of rotatable bonds is 6. The summed E-state index contributed by atoms with van der Waals surface area (Å²) in [5.74, 6) is -0.559. The van der Waals surface area contributed by atoms with Crippen molar-refractivity contribution in [2.45, 2.75) is 12.9 Å². The maximum atomic E-state index is 13.4.